The number of nitrogens with zero attached hydrogens (tertiary/aromatic N) is 1. The molecule has 3 N–H and O–H groups in total. The molecule has 0 unspecified atom stereocenters. The van der Waals surface area contributed by atoms with E-state index in [0.717, 1.165) is 57.3 Å². The minimum atomic E-state index is 0.882. The number of hydrogen-bond donors (Lipinski definition) is 3. The number of methoxy groups -OCH3 is 2. The summed E-state index contributed by atoms with van der Waals surface area (Å²) >= 11 is 0. The van der Waals surface area contributed by atoms with E-state index in [4.69, 9.17) is 9.47 Å². The van der Waals surface area contributed by atoms with Gasteiger partial charge in [-0.15, -0.1) is 0 Å². The minimum absolute atomic E-state index is 0.882. The largest absolute Gasteiger partial charge is 0.496 e. The fourth-order valence-corrected chi connectivity index (χ4v) is 6.45. The van der Waals surface area contributed by atoms with Crippen LogP contribution in [-0.2, 0) is 19.6 Å². The molecule has 0 spiro atoms. The highest BCUT2D eigenvalue weighted by atomic mass is 16.5. The maximum absolute atomic E-state index is 5.62. The first-order chi connectivity index (χ1) is 24.3. The average Bonchev–Trinajstić information content (AvgIpc) is 3.14. The molecule has 0 aromatic heterocycles. The lowest BCUT2D eigenvalue weighted by atomic mass is 10.1. The number of rotatable bonds is 31. The fraction of sp³-hybridized carbons (Fsp3) is 0.581. The van der Waals surface area contributed by atoms with Crippen molar-refractivity contribution in [2.45, 2.75) is 110 Å². The van der Waals surface area contributed by atoms with Crippen molar-refractivity contribution in [3.05, 3.63) is 95.6 Å². The lowest BCUT2D eigenvalue weighted by Crippen LogP contribution is -2.24. The molecule has 6 heteroatoms. The van der Waals surface area contributed by atoms with E-state index >= 15 is 0 Å². The summed E-state index contributed by atoms with van der Waals surface area (Å²) in [5.41, 5.74) is 3.87. The summed E-state index contributed by atoms with van der Waals surface area (Å²) in [4.78, 5) is 2.57. The van der Waals surface area contributed by atoms with E-state index < -0.39 is 0 Å². The normalized spacial score (nSPS) is 11.3. The molecule has 0 aliphatic rings. The van der Waals surface area contributed by atoms with Crippen molar-refractivity contribution in [2.75, 3.05) is 53.5 Å². The van der Waals surface area contributed by atoms with Crippen LogP contribution >= 0.6 is 0 Å². The van der Waals surface area contributed by atoms with Gasteiger partial charge >= 0.3 is 0 Å². The van der Waals surface area contributed by atoms with Gasteiger partial charge in [0.15, 0.2) is 0 Å². The smallest absolute Gasteiger partial charge is 0.123 e. The van der Waals surface area contributed by atoms with Gasteiger partial charge in [-0.3, -0.25) is 4.90 Å². The lowest BCUT2D eigenvalue weighted by Gasteiger charge is -2.23. The maximum atomic E-state index is 5.62. The standard InChI is InChI=1S/C43H68N4O2/c1-48-42-28-16-14-26-40(42)36-46-34-22-8-7-20-32-44-30-18-5-3-4-6-19-31-45-33-21-9-10-23-35-47(37-39-24-12-11-13-25-39)38-41-27-15-17-29-43(41)49-2/h11-17,24-29,44-46H,3-10,18-23,30-38H2,1-2H3. The fourth-order valence-electron chi connectivity index (χ4n) is 6.45. The molecule has 49 heavy (non-hydrogen) atoms. The maximum Gasteiger partial charge on any atom is 0.123 e. The van der Waals surface area contributed by atoms with Crippen LogP contribution in [-0.4, -0.2) is 58.4 Å². The van der Waals surface area contributed by atoms with E-state index in [1.165, 1.54) is 120 Å². The zero-order valence-corrected chi connectivity index (χ0v) is 31.0. The Kier molecular flexibility index (Phi) is 23.1. The molecule has 0 atom stereocenters. The highest BCUT2D eigenvalue weighted by Crippen LogP contribution is 2.21. The van der Waals surface area contributed by atoms with E-state index in [9.17, 15) is 0 Å². The average molecular weight is 673 g/mol. The van der Waals surface area contributed by atoms with Gasteiger partial charge in [-0.05, 0) is 95.5 Å². The van der Waals surface area contributed by atoms with Gasteiger partial charge in [0.2, 0.25) is 0 Å². The van der Waals surface area contributed by atoms with Crippen LogP contribution < -0.4 is 25.4 Å². The number of benzene rings is 3. The van der Waals surface area contributed by atoms with E-state index in [-0.39, 0.29) is 0 Å². The molecule has 0 aliphatic heterocycles. The van der Waals surface area contributed by atoms with E-state index in [1.807, 2.05) is 12.1 Å². The SMILES string of the molecule is COc1ccccc1CNCCCCCCNCCCCCCCCNCCCCCCN(Cc1ccccc1)Cc1ccccc1OC. The van der Waals surface area contributed by atoms with Gasteiger partial charge < -0.3 is 25.4 Å². The van der Waals surface area contributed by atoms with Crippen LogP contribution in [0.3, 0.4) is 0 Å². The van der Waals surface area contributed by atoms with Gasteiger partial charge in [0, 0.05) is 30.8 Å². The Bertz CT molecular complexity index is 1190. The first-order valence-corrected chi connectivity index (χ1v) is 19.4. The summed E-state index contributed by atoms with van der Waals surface area (Å²) in [6.45, 7) is 9.63. The molecular formula is C43H68N4O2. The van der Waals surface area contributed by atoms with Gasteiger partial charge in [-0.1, -0.05) is 118 Å². The second-order valence-corrected chi connectivity index (χ2v) is 13.4. The quantitative estimate of drug-likeness (QED) is 0.0593. The van der Waals surface area contributed by atoms with Crippen LogP contribution in [0.5, 0.6) is 11.5 Å². The predicted octanol–water partition coefficient (Wildman–Crippen LogP) is 9.14. The van der Waals surface area contributed by atoms with E-state index in [1.54, 1.807) is 14.2 Å². The summed E-state index contributed by atoms with van der Waals surface area (Å²) in [6.07, 6.45) is 18.4. The van der Waals surface area contributed by atoms with Gasteiger partial charge in [0.1, 0.15) is 11.5 Å². The molecule has 6 nitrogen and oxygen atoms in total. The number of ether oxygens (including phenoxy) is 2. The van der Waals surface area contributed by atoms with Crippen LogP contribution in [0.1, 0.15) is 107 Å². The monoisotopic (exact) mass is 673 g/mol. The Labute approximate surface area is 299 Å². The molecule has 3 aromatic rings. The molecule has 0 saturated carbocycles. The van der Waals surface area contributed by atoms with Gasteiger partial charge in [-0.25, -0.2) is 0 Å². The summed E-state index contributed by atoms with van der Waals surface area (Å²) in [6, 6.07) is 27.5. The van der Waals surface area contributed by atoms with Crippen molar-refractivity contribution in [1.29, 1.82) is 0 Å². The van der Waals surface area contributed by atoms with Crippen molar-refractivity contribution in [1.82, 2.24) is 20.9 Å². The summed E-state index contributed by atoms with van der Waals surface area (Å²) in [5, 5.41) is 10.9. The van der Waals surface area contributed by atoms with Crippen molar-refractivity contribution in [3.63, 3.8) is 0 Å². The first kappa shape index (κ1) is 40.5. The Balaban J connectivity index is 1.05. The molecule has 0 radical (unpaired) electrons. The number of unbranched alkanes of at least 4 members (excludes halogenated alkanes) is 11. The topological polar surface area (TPSA) is 57.8 Å². The van der Waals surface area contributed by atoms with Crippen molar-refractivity contribution < 1.29 is 9.47 Å². The number of hydrogen-bond acceptors (Lipinski definition) is 6. The van der Waals surface area contributed by atoms with Crippen LogP contribution in [0, 0.1) is 0 Å². The molecular weight excluding hydrogens is 604 g/mol. The van der Waals surface area contributed by atoms with Gasteiger partial charge in [0.05, 0.1) is 14.2 Å². The zero-order valence-electron chi connectivity index (χ0n) is 31.0. The second kappa shape index (κ2) is 27.9. The Hall–Kier alpha value is -2.90. The van der Waals surface area contributed by atoms with Gasteiger partial charge in [0.25, 0.3) is 0 Å². The molecule has 272 valence electrons. The third kappa shape index (κ3) is 19.2. The summed E-state index contributed by atoms with van der Waals surface area (Å²) < 4.78 is 11.0. The minimum Gasteiger partial charge on any atom is -0.496 e. The predicted molar refractivity (Wildman–Crippen MR) is 209 cm³/mol. The van der Waals surface area contributed by atoms with Crippen molar-refractivity contribution in [3.8, 4) is 11.5 Å². The lowest BCUT2D eigenvalue weighted by molar-refractivity contribution is 0.246. The van der Waals surface area contributed by atoms with Crippen LogP contribution in [0.4, 0.5) is 0 Å². The Morgan fingerprint density at radius 1 is 0.429 bits per heavy atom. The third-order valence-corrected chi connectivity index (χ3v) is 9.34. The van der Waals surface area contributed by atoms with Gasteiger partial charge in [-0.2, -0.15) is 0 Å². The molecule has 0 heterocycles. The molecule has 0 saturated heterocycles. The highest BCUT2D eigenvalue weighted by molar-refractivity contribution is 5.33. The molecule has 0 amide bonds. The van der Waals surface area contributed by atoms with E-state index in [0.29, 0.717) is 0 Å². The molecule has 3 rings (SSSR count). The second-order valence-electron chi connectivity index (χ2n) is 13.4. The number of para-hydroxylation sites is 2. The first-order valence-electron chi connectivity index (χ1n) is 19.4. The van der Waals surface area contributed by atoms with E-state index in [2.05, 4.69) is 87.6 Å². The Morgan fingerprint density at radius 2 is 0.857 bits per heavy atom. The van der Waals surface area contributed by atoms with Crippen LogP contribution in [0.2, 0.25) is 0 Å². The zero-order chi connectivity index (χ0) is 34.5. The highest BCUT2D eigenvalue weighted by Gasteiger charge is 2.10. The Morgan fingerprint density at radius 3 is 1.41 bits per heavy atom. The molecule has 0 aliphatic carbocycles. The van der Waals surface area contributed by atoms with Crippen LogP contribution in [0.15, 0.2) is 78.9 Å². The van der Waals surface area contributed by atoms with Crippen LogP contribution in [0.25, 0.3) is 0 Å². The summed E-state index contributed by atoms with van der Waals surface area (Å²) in [5.74, 6) is 1.96. The number of nitrogens with one attached hydrogen (secondary N) is 3. The molecule has 3 aromatic carbocycles. The molecule has 0 fully saturated rings. The third-order valence-electron chi connectivity index (χ3n) is 9.34. The van der Waals surface area contributed by atoms with Crippen molar-refractivity contribution in [2.24, 2.45) is 0 Å². The van der Waals surface area contributed by atoms with Crippen molar-refractivity contribution >= 4 is 0 Å². The molecule has 0 bridgehead atoms. The summed E-state index contributed by atoms with van der Waals surface area (Å²) in [7, 11) is 3.51.